The molecule has 1 fully saturated rings. The molecule has 0 amide bonds. The fraction of sp³-hybridized carbons (Fsp3) is 0.400. The van der Waals surface area contributed by atoms with Crippen LogP contribution in [0.5, 0.6) is 28.7 Å². The topological polar surface area (TPSA) is 77.5 Å². The second-order valence-electron chi connectivity index (χ2n) is 8.12. The molecule has 1 saturated heterocycles. The maximum atomic E-state index is 13.1. The third-order valence-corrected chi connectivity index (χ3v) is 6.24. The predicted octanol–water partition coefficient (Wildman–Crippen LogP) is 4.41. The van der Waals surface area contributed by atoms with Gasteiger partial charge in [-0.2, -0.15) is 0 Å². The standard InChI is InChI=1S/C25H29NO6/c1-15-7-5-6-12-26(15)14-18-19(27)10-9-17-22(28)21(32-24(17)18)13-16-8-11-20(29-2)25(31-4)23(16)30-3/h8-11,13,15,27H,5-7,12,14H2,1-4H3/b21-13-/t15-/m1/s1. The lowest BCUT2D eigenvalue weighted by atomic mass is 10.0. The van der Waals surface area contributed by atoms with Crippen LogP contribution >= 0.6 is 0 Å². The first-order chi connectivity index (χ1) is 15.5. The van der Waals surface area contributed by atoms with E-state index in [2.05, 4.69) is 11.8 Å². The summed E-state index contributed by atoms with van der Waals surface area (Å²) in [5, 5.41) is 10.6. The molecule has 170 valence electrons. The van der Waals surface area contributed by atoms with E-state index < -0.39 is 0 Å². The lowest BCUT2D eigenvalue weighted by molar-refractivity contribution is 0.101. The summed E-state index contributed by atoms with van der Waals surface area (Å²) in [6.45, 7) is 3.69. The van der Waals surface area contributed by atoms with E-state index >= 15 is 0 Å². The highest BCUT2D eigenvalue weighted by atomic mass is 16.5. The van der Waals surface area contributed by atoms with Crippen molar-refractivity contribution in [2.45, 2.75) is 38.8 Å². The molecule has 0 saturated carbocycles. The molecule has 0 spiro atoms. The van der Waals surface area contributed by atoms with E-state index in [9.17, 15) is 9.90 Å². The van der Waals surface area contributed by atoms with Crippen molar-refractivity contribution in [3.05, 3.63) is 46.7 Å². The lowest BCUT2D eigenvalue weighted by Crippen LogP contribution is -2.36. The van der Waals surface area contributed by atoms with Crippen molar-refractivity contribution in [3.8, 4) is 28.7 Å². The number of aromatic hydroxyl groups is 1. The number of hydrogen-bond acceptors (Lipinski definition) is 7. The summed E-state index contributed by atoms with van der Waals surface area (Å²) in [6.07, 6.45) is 5.10. The highest BCUT2D eigenvalue weighted by molar-refractivity contribution is 6.15. The molecular formula is C25H29NO6. The molecule has 0 radical (unpaired) electrons. The van der Waals surface area contributed by atoms with Crippen molar-refractivity contribution in [3.63, 3.8) is 0 Å². The number of allylic oxidation sites excluding steroid dienone is 1. The van der Waals surface area contributed by atoms with E-state index in [4.69, 9.17) is 18.9 Å². The maximum absolute atomic E-state index is 13.1. The fourth-order valence-electron chi connectivity index (χ4n) is 4.42. The Kier molecular flexibility index (Phi) is 6.28. The Labute approximate surface area is 188 Å². The van der Waals surface area contributed by atoms with E-state index in [0.29, 0.717) is 52.3 Å². The van der Waals surface area contributed by atoms with Gasteiger partial charge >= 0.3 is 0 Å². The number of rotatable bonds is 6. The van der Waals surface area contributed by atoms with Gasteiger partial charge in [-0.1, -0.05) is 6.42 Å². The number of phenols is 1. The van der Waals surface area contributed by atoms with E-state index in [0.717, 1.165) is 19.4 Å². The van der Waals surface area contributed by atoms with Crippen LogP contribution in [0.4, 0.5) is 0 Å². The third kappa shape index (κ3) is 3.88. The minimum absolute atomic E-state index is 0.138. The molecular weight excluding hydrogens is 410 g/mol. The van der Waals surface area contributed by atoms with Gasteiger partial charge in [0.25, 0.3) is 0 Å². The molecule has 0 bridgehead atoms. The molecule has 2 aromatic rings. The van der Waals surface area contributed by atoms with Crippen LogP contribution in [0.3, 0.4) is 0 Å². The average Bonchev–Trinajstić information content (AvgIpc) is 3.11. The number of ketones is 1. The Morgan fingerprint density at radius 3 is 2.56 bits per heavy atom. The summed E-state index contributed by atoms with van der Waals surface area (Å²) in [5.74, 6) is 1.91. The van der Waals surface area contributed by atoms with Gasteiger partial charge in [0.15, 0.2) is 17.3 Å². The number of fused-ring (bicyclic) bond motifs is 1. The number of nitrogens with zero attached hydrogens (tertiary/aromatic N) is 1. The second kappa shape index (κ2) is 9.12. The van der Waals surface area contributed by atoms with Gasteiger partial charge in [0.2, 0.25) is 11.5 Å². The number of carbonyl (C=O) groups is 1. The zero-order chi connectivity index (χ0) is 22.8. The van der Waals surface area contributed by atoms with Crippen molar-refractivity contribution in [2.75, 3.05) is 27.9 Å². The SMILES string of the molecule is COc1ccc(/C=C2\Oc3c(ccc(O)c3CN3CCCC[C@H]3C)C2=O)c(OC)c1OC. The van der Waals surface area contributed by atoms with Crippen LogP contribution in [0.1, 0.15) is 47.7 Å². The maximum Gasteiger partial charge on any atom is 0.231 e. The molecule has 1 N–H and O–H groups in total. The van der Waals surface area contributed by atoms with Gasteiger partial charge in [0.05, 0.1) is 32.5 Å². The number of Topliss-reactive ketones (excluding diaryl/α,β-unsaturated/α-hetero) is 1. The Morgan fingerprint density at radius 1 is 1.09 bits per heavy atom. The molecule has 0 unspecified atom stereocenters. The minimum atomic E-state index is -0.232. The van der Waals surface area contributed by atoms with Gasteiger partial charge in [-0.25, -0.2) is 0 Å². The lowest BCUT2D eigenvalue weighted by Gasteiger charge is -2.33. The number of hydrogen-bond donors (Lipinski definition) is 1. The van der Waals surface area contributed by atoms with Crippen LogP contribution in [0.15, 0.2) is 30.0 Å². The van der Waals surface area contributed by atoms with Gasteiger partial charge in [-0.3, -0.25) is 9.69 Å². The first-order valence-electron chi connectivity index (χ1n) is 10.8. The van der Waals surface area contributed by atoms with Crippen LogP contribution in [0, 0.1) is 0 Å². The molecule has 0 aliphatic carbocycles. The number of likely N-dealkylation sites (tertiary alicyclic amines) is 1. The molecule has 1 atom stereocenters. The highest BCUT2D eigenvalue weighted by Crippen LogP contribution is 2.44. The Morgan fingerprint density at radius 2 is 1.88 bits per heavy atom. The normalized spacial score (nSPS) is 19.6. The first-order valence-corrected chi connectivity index (χ1v) is 10.8. The Hall–Kier alpha value is -3.19. The van der Waals surface area contributed by atoms with E-state index in [1.807, 2.05) is 0 Å². The Balaban J connectivity index is 1.70. The summed E-state index contributed by atoms with van der Waals surface area (Å²) in [7, 11) is 4.61. The molecule has 2 heterocycles. The molecule has 7 heteroatoms. The van der Waals surface area contributed by atoms with Gasteiger partial charge in [-0.15, -0.1) is 0 Å². The van der Waals surface area contributed by atoms with E-state index in [-0.39, 0.29) is 17.3 Å². The quantitative estimate of drug-likeness (QED) is 0.668. The summed E-state index contributed by atoms with van der Waals surface area (Å²) in [5.41, 5.74) is 1.72. The van der Waals surface area contributed by atoms with E-state index in [1.54, 1.807) is 37.5 Å². The summed E-state index contributed by atoms with van der Waals surface area (Å²) >= 11 is 0. The fourth-order valence-corrected chi connectivity index (χ4v) is 4.42. The van der Waals surface area contributed by atoms with Crippen LogP contribution in [0.25, 0.3) is 6.08 Å². The molecule has 2 aliphatic rings. The van der Waals surface area contributed by atoms with Crippen LogP contribution in [-0.4, -0.2) is 49.7 Å². The van der Waals surface area contributed by atoms with E-state index in [1.165, 1.54) is 20.6 Å². The zero-order valence-electron chi connectivity index (χ0n) is 18.9. The average molecular weight is 440 g/mol. The largest absolute Gasteiger partial charge is 0.507 e. The van der Waals surface area contributed by atoms with Crippen LogP contribution < -0.4 is 18.9 Å². The number of piperidine rings is 1. The minimum Gasteiger partial charge on any atom is -0.507 e. The number of phenolic OH excluding ortho intramolecular Hbond substituents is 1. The summed E-state index contributed by atoms with van der Waals surface area (Å²) in [6, 6.07) is 7.13. The summed E-state index contributed by atoms with van der Waals surface area (Å²) in [4.78, 5) is 15.4. The number of carbonyl (C=O) groups excluding carboxylic acids is 1. The second-order valence-corrected chi connectivity index (χ2v) is 8.12. The van der Waals surface area contributed by atoms with Gasteiger partial charge in [0, 0.05) is 18.2 Å². The van der Waals surface area contributed by atoms with Gasteiger partial charge in [-0.05, 0) is 56.7 Å². The van der Waals surface area contributed by atoms with Crippen molar-refractivity contribution >= 4 is 11.9 Å². The highest BCUT2D eigenvalue weighted by Gasteiger charge is 2.33. The number of ether oxygens (including phenoxy) is 4. The molecule has 7 nitrogen and oxygen atoms in total. The molecule has 2 aromatic carbocycles. The third-order valence-electron chi connectivity index (χ3n) is 6.24. The number of benzene rings is 2. The van der Waals surface area contributed by atoms with Crippen molar-refractivity contribution in [1.29, 1.82) is 0 Å². The van der Waals surface area contributed by atoms with Crippen molar-refractivity contribution < 1.29 is 28.8 Å². The zero-order valence-corrected chi connectivity index (χ0v) is 18.9. The molecule has 4 rings (SSSR count). The van der Waals surface area contributed by atoms with Crippen molar-refractivity contribution in [1.82, 2.24) is 4.90 Å². The monoisotopic (exact) mass is 439 g/mol. The smallest absolute Gasteiger partial charge is 0.231 e. The Bertz CT molecular complexity index is 1060. The van der Waals surface area contributed by atoms with Gasteiger partial charge < -0.3 is 24.1 Å². The predicted molar refractivity (Wildman–Crippen MR) is 121 cm³/mol. The molecule has 2 aliphatic heterocycles. The van der Waals surface area contributed by atoms with Gasteiger partial charge in [0.1, 0.15) is 11.5 Å². The van der Waals surface area contributed by atoms with Crippen LogP contribution in [0.2, 0.25) is 0 Å². The van der Waals surface area contributed by atoms with Crippen molar-refractivity contribution in [2.24, 2.45) is 0 Å². The first kappa shape index (κ1) is 22.0. The van der Waals surface area contributed by atoms with Crippen LogP contribution in [-0.2, 0) is 6.54 Å². The number of methoxy groups -OCH3 is 3. The summed E-state index contributed by atoms with van der Waals surface area (Å²) < 4.78 is 22.3. The molecule has 0 aromatic heterocycles. The molecule has 32 heavy (non-hydrogen) atoms.